The van der Waals surface area contributed by atoms with Crippen molar-refractivity contribution in [2.24, 2.45) is 0 Å². The van der Waals surface area contributed by atoms with Crippen LogP contribution in [0.3, 0.4) is 0 Å². The van der Waals surface area contributed by atoms with Gasteiger partial charge >= 0.3 is 6.03 Å². The molecular weight excluding hydrogens is 384 g/mol. The van der Waals surface area contributed by atoms with Gasteiger partial charge in [-0.1, -0.05) is 6.07 Å². The molecule has 1 aliphatic heterocycles. The molecule has 0 atom stereocenters. The van der Waals surface area contributed by atoms with Crippen molar-refractivity contribution >= 4 is 34.2 Å². The molecule has 154 valence electrons. The zero-order chi connectivity index (χ0) is 21.1. The van der Waals surface area contributed by atoms with E-state index in [1.807, 2.05) is 30.3 Å². The minimum atomic E-state index is -0.265. The molecule has 1 N–H and O–H groups in total. The molecular formula is C22H22N4O4. The maximum Gasteiger partial charge on any atom is 0.325 e. The first kappa shape index (κ1) is 19.5. The topological polar surface area (TPSA) is 84.0 Å². The van der Waals surface area contributed by atoms with Crippen molar-refractivity contribution in [2.75, 3.05) is 44.1 Å². The highest BCUT2D eigenvalue weighted by Gasteiger charge is 2.32. The molecule has 0 unspecified atom stereocenters. The molecule has 2 aromatic carbocycles. The molecule has 1 fully saturated rings. The van der Waals surface area contributed by atoms with E-state index in [0.717, 1.165) is 10.9 Å². The Labute approximate surface area is 174 Å². The van der Waals surface area contributed by atoms with E-state index in [-0.39, 0.29) is 18.5 Å². The standard InChI is InChI=1S/C22H22N4O4/c1-29-15-8-9-20(30-2)19(13-15)26-12-11-25(22(26)28)14-21(27)24-18-7-3-6-17-16(18)5-4-10-23-17/h3-10,13H,11-12,14H2,1-2H3,(H,24,27). The van der Waals surface area contributed by atoms with E-state index in [0.29, 0.717) is 36.0 Å². The molecule has 2 heterocycles. The summed E-state index contributed by atoms with van der Waals surface area (Å²) < 4.78 is 10.7. The monoisotopic (exact) mass is 406 g/mol. The Balaban J connectivity index is 1.48. The second-order valence-electron chi connectivity index (χ2n) is 6.82. The van der Waals surface area contributed by atoms with Crippen molar-refractivity contribution in [3.63, 3.8) is 0 Å². The third-order valence-corrected chi connectivity index (χ3v) is 5.03. The van der Waals surface area contributed by atoms with Crippen molar-refractivity contribution in [1.82, 2.24) is 9.88 Å². The van der Waals surface area contributed by atoms with Crippen molar-refractivity contribution < 1.29 is 19.1 Å². The van der Waals surface area contributed by atoms with E-state index in [4.69, 9.17) is 9.47 Å². The van der Waals surface area contributed by atoms with E-state index >= 15 is 0 Å². The van der Waals surface area contributed by atoms with Crippen LogP contribution in [0.5, 0.6) is 11.5 Å². The Morgan fingerprint density at radius 3 is 2.77 bits per heavy atom. The van der Waals surface area contributed by atoms with Crippen molar-refractivity contribution in [1.29, 1.82) is 0 Å². The number of nitrogens with one attached hydrogen (secondary N) is 1. The van der Waals surface area contributed by atoms with Gasteiger partial charge in [0.1, 0.15) is 18.0 Å². The van der Waals surface area contributed by atoms with Crippen molar-refractivity contribution in [2.45, 2.75) is 0 Å². The van der Waals surface area contributed by atoms with Crippen molar-refractivity contribution in [3.8, 4) is 11.5 Å². The first-order valence-electron chi connectivity index (χ1n) is 9.53. The summed E-state index contributed by atoms with van der Waals surface area (Å²) in [4.78, 5) is 33.0. The fourth-order valence-corrected chi connectivity index (χ4v) is 3.54. The Morgan fingerprint density at radius 2 is 1.97 bits per heavy atom. The fraction of sp³-hybridized carbons (Fsp3) is 0.227. The van der Waals surface area contributed by atoms with E-state index in [1.165, 1.54) is 4.90 Å². The molecule has 30 heavy (non-hydrogen) atoms. The minimum Gasteiger partial charge on any atom is -0.497 e. The minimum absolute atomic E-state index is 0.0434. The average molecular weight is 406 g/mol. The number of nitrogens with zero attached hydrogens (tertiary/aromatic N) is 3. The molecule has 0 radical (unpaired) electrons. The van der Waals surface area contributed by atoms with E-state index in [2.05, 4.69) is 10.3 Å². The second kappa shape index (κ2) is 8.28. The van der Waals surface area contributed by atoms with Crippen molar-refractivity contribution in [3.05, 3.63) is 54.7 Å². The number of rotatable bonds is 6. The molecule has 0 saturated carbocycles. The lowest BCUT2D eigenvalue weighted by Crippen LogP contribution is -2.37. The molecule has 3 amide bonds. The van der Waals surface area contributed by atoms with Crippen LogP contribution in [0.4, 0.5) is 16.2 Å². The molecule has 1 aromatic heterocycles. The van der Waals surface area contributed by atoms with Crippen LogP contribution < -0.4 is 19.7 Å². The molecule has 1 aliphatic rings. The summed E-state index contributed by atoms with van der Waals surface area (Å²) in [5, 5.41) is 3.74. The number of urea groups is 1. The number of aromatic nitrogens is 1. The molecule has 4 rings (SSSR count). The van der Waals surface area contributed by atoms with Gasteiger partial charge < -0.3 is 19.7 Å². The number of amides is 3. The largest absolute Gasteiger partial charge is 0.497 e. The Kier molecular flexibility index (Phi) is 5.38. The van der Waals surface area contributed by atoms with Gasteiger partial charge in [0.25, 0.3) is 0 Å². The van der Waals surface area contributed by atoms with Gasteiger partial charge in [-0.3, -0.25) is 14.7 Å². The van der Waals surface area contributed by atoms with Gasteiger partial charge in [0, 0.05) is 30.7 Å². The fourth-order valence-electron chi connectivity index (χ4n) is 3.54. The maximum absolute atomic E-state index is 12.9. The quantitative estimate of drug-likeness (QED) is 0.680. The number of benzene rings is 2. The molecule has 0 aliphatic carbocycles. The summed E-state index contributed by atoms with van der Waals surface area (Å²) in [6, 6.07) is 14.3. The number of hydrogen-bond donors (Lipinski definition) is 1. The van der Waals surface area contributed by atoms with Crippen LogP contribution in [0.15, 0.2) is 54.7 Å². The Hall–Kier alpha value is -3.81. The molecule has 0 bridgehead atoms. The highest BCUT2D eigenvalue weighted by molar-refractivity contribution is 6.04. The zero-order valence-electron chi connectivity index (χ0n) is 16.8. The van der Waals surface area contributed by atoms with Crippen LogP contribution in [0, 0.1) is 0 Å². The van der Waals surface area contributed by atoms with E-state index in [1.54, 1.807) is 43.5 Å². The predicted molar refractivity (Wildman–Crippen MR) is 114 cm³/mol. The number of ether oxygens (including phenoxy) is 2. The highest BCUT2D eigenvalue weighted by atomic mass is 16.5. The van der Waals surface area contributed by atoms with Gasteiger partial charge in [0.2, 0.25) is 5.91 Å². The van der Waals surface area contributed by atoms with Crippen LogP contribution >= 0.6 is 0 Å². The number of methoxy groups -OCH3 is 2. The van der Waals surface area contributed by atoms with Crippen LogP contribution in [-0.2, 0) is 4.79 Å². The lowest BCUT2D eigenvalue weighted by molar-refractivity contribution is -0.116. The molecule has 8 nitrogen and oxygen atoms in total. The smallest absolute Gasteiger partial charge is 0.325 e. The second-order valence-corrected chi connectivity index (χ2v) is 6.82. The summed E-state index contributed by atoms with van der Waals surface area (Å²) in [6.45, 7) is 0.843. The number of pyridine rings is 1. The van der Waals surface area contributed by atoms with Gasteiger partial charge in [0.15, 0.2) is 0 Å². The maximum atomic E-state index is 12.9. The summed E-state index contributed by atoms with van der Waals surface area (Å²) >= 11 is 0. The summed E-state index contributed by atoms with van der Waals surface area (Å²) in [6.07, 6.45) is 1.71. The van der Waals surface area contributed by atoms with Gasteiger partial charge in [-0.15, -0.1) is 0 Å². The number of hydrogen-bond acceptors (Lipinski definition) is 5. The third-order valence-electron chi connectivity index (χ3n) is 5.03. The van der Waals surface area contributed by atoms with Gasteiger partial charge in [-0.25, -0.2) is 4.79 Å². The number of carbonyl (C=O) groups excluding carboxylic acids is 2. The van der Waals surface area contributed by atoms with Gasteiger partial charge in [-0.2, -0.15) is 0 Å². The van der Waals surface area contributed by atoms with Crippen LogP contribution in [-0.4, -0.2) is 55.7 Å². The van der Waals surface area contributed by atoms with Gasteiger partial charge in [-0.05, 0) is 36.4 Å². The van der Waals surface area contributed by atoms with Crippen LogP contribution in [0.1, 0.15) is 0 Å². The number of anilines is 2. The predicted octanol–water partition coefficient (Wildman–Crippen LogP) is 3.13. The lowest BCUT2D eigenvalue weighted by Gasteiger charge is -2.21. The summed E-state index contributed by atoms with van der Waals surface area (Å²) in [5.41, 5.74) is 2.08. The third kappa shape index (κ3) is 3.71. The van der Waals surface area contributed by atoms with Crippen LogP contribution in [0.25, 0.3) is 10.9 Å². The molecule has 1 saturated heterocycles. The average Bonchev–Trinajstić information content (AvgIpc) is 3.13. The van der Waals surface area contributed by atoms with Gasteiger partial charge in [0.05, 0.1) is 31.1 Å². The first-order valence-corrected chi connectivity index (χ1v) is 9.53. The summed E-state index contributed by atoms with van der Waals surface area (Å²) in [5.74, 6) is 0.928. The summed E-state index contributed by atoms with van der Waals surface area (Å²) in [7, 11) is 3.12. The zero-order valence-corrected chi connectivity index (χ0v) is 16.8. The lowest BCUT2D eigenvalue weighted by atomic mass is 10.2. The Bertz CT molecular complexity index is 1100. The normalized spacial score (nSPS) is 13.6. The molecule has 8 heteroatoms. The van der Waals surface area contributed by atoms with Crippen LogP contribution in [0.2, 0.25) is 0 Å². The number of fused-ring (bicyclic) bond motifs is 1. The molecule has 3 aromatic rings. The Morgan fingerprint density at radius 1 is 1.10 bits per heavy atom. The van der Waals surface area contributed by atoms with E-state index < -0.39 is 0 Å². The first-order chi connectivity index (χ1) is 14.6. The SMILES string of the molecule is COc1ccc(OC)c(N2CCN(CC(=O)Nc3cccc4ncccc34)C2=O)c1. The highest BCUT2D eigenvalue weighted by Crippen LogP contribution is 2.34. The van der Waals surface area contributed by atoms with E-state index in [9.17, 15) is 9.59 Å². The molecule has 0 spiro atoms. The number of carbonyl (C=O) groups is 2.